The predicted octanol–water partition coefficient (Wildman–Crippen LogP) is 2.07. The van der Waals surface area contributed by atoms with E-state index in [2.05, 4.69) is 31.6 Å². The molecular weight excluding hydrogens is 324 g/mol. The van der Waals surface area contributed by atoms with Crippen molar-refractivity contribution in [2.24, 2.45) is 0 Å². The smallest absolute Gasteiger partial charge is 0.222 e. The zero-order valence-electron chi connectivity index (χ0n) is 14.0. The number of hydrogen-bond donors (Lipinski definition) is 3. The lowest BCUT2D eigenvalue weighted by Crippen LogP contribution is -2.30. The molecule has 4 N–H and O–H groups in total. The normalized spacial score (nSPS) is 15.2. The predicted molar refractivity (Wildman–Crippen MR) is 98.2 cm³/mol. The van der Waals surface area contributed by atoms with E-state index in [-0.39, 0.29) is 6.04 Å². The summed E-state index contributed by atoms with van der Waals surface area (Å²) in [6.45, 7) is 2.35. The molecule has 0 bridgehead atoms. The zero-order valence-corrected chi connectivity index (χ0v) is 14.8. The number of halogens is 1. The minimum Gasteiger partial charge on any atom is -0.368 e. The molecule has 2 aromatic rings. The molecule has 0 spiro atoms. The molecule has 1 aromatic heterocycles. The number of hydrogen-bond acceptors (Lipinski definition) is 6. The Morgan fingerprint density at radius 1 is 1.33 bits per heavy atom. The monoisotopic (exact) mass is 346 g/mol. The molecule has 0 saturated heterocycles. The highest BCUT2D eigenvalue weighted by Gasteiger charge is 2.20. The van der Waals surface area contributed by atoms with Crippen molar-refractivity contribution in [2.75, 3.05) is 38.2 Å². The topological polar surface area (TPSA) is 79.1 Å². The van der Waals surface area contributed by atoms with Crippen molar-refractivity contribution in [1.29, 1.82) is 0 Å². The third kappa shape index (κ3) is 3.61. The molecule has 0 aliphatic carbocycles. The SMILES string of the molecule is CN(C)C(CNc1nc(N)nc2c1CCNC2)c1ccccc1Cl. The molecule has 3 rings (SSSR count). The molecule has 1 unspecified atom stereocenters. The second-order valence-corrected chi connectivity index (χ2v) is 6.57. The Kier molecular flexibility index (Phi) is 5.18. The number of nitrogens with two attached hydrogens (primary N) is 1. The van der Waals surface area contributed by atoms with Crippen molar-refractivity contribution >= 4 is 23.4 Å². The minimum atomic E-state index is 0.132. The van der Waals surface area contributed by atoms with Gasteiger partial charge >= 0.3 is 0 Å². The van der Waals surface area contributed by atoms with Crippen LogP contribution >= 0.6 is 11.6 Å². The van der Waals surface area contributed by atoms with E-state index in [1.807, 2.05) is 32.3 Å². The Hall–Kier alpha value is -1.89. The highest BCUT2D eigenvalue weighted by Crippen LogP contribution is 2.27. The van der Waals surface area contributed by atoms with Gasteiger partial charge in [-0.1, -0.05) is 29.8 Å². The van der Waals surface area contributed by atoms with Gasteiger partial charge in [0.25, 0.3) is 0 Å². The summed E-state index contributed by atoms with van der Waals surface area (Å²) in [6, 6.07) is 8.06. The third-order valence-electron chi connectivity index (χ3n) is 4.30. The Morgan fingerprint density at radius 2 is 2.12 bits per heavy atom. The Balaban J connectivity index is 1.83. The summed E-state index contributed by atoms with van der Waals surface area (Å²) >= 11 is 6.38. The molecule has 0 radical (unpaired) electrons. The lowest BCUT2D eigenvalue weighted by Gasteiger charge is -2.27. The second-order valence-electron chi connectivity index (χ2n) is 6.16. The van der Waals surface area contributed by atoms with Gasteiger partial charge in [0.15, 0.2) is 0 Å². The van der Waals surface area contributed by atoms with Crippen LogP contribution in [0.25, 0.3) is 0 Å². The van der Waals surface area contributed by atoms with E-state index >= 15 is 0 Å². The fourth-order valence-electron chi connectivity index (χ4n) is 3.03. The van der Waals surface area contributed by atoms with Crippen molar-refractivity contribution in [2.45, 2.75) is 19.0 Å². The van der Waals surface area contributed by atoms with Crippen LogP contribution in [0.2, 0.25) is 5.02 Å². The number of rotatable bonds is 5. The molecule has 0 amide bonds. The van der Waals surface area contributed by atoms with Crippen LogP contribution in [0.3, 0.4) is 0 Å². The van der Waals surface area contributed by atoms with Crippen molar-refractivity contribution in [3.05, 3.63) is 46.1 Å². The number of nitrogens with zero attached hydrogens (tertiary/aromatic N) is 3. The molecule has 1 aliphatic rings. The van der Waals surface area contributed by atoms with E-state index in [9.17, 15) is 0 Å². The lowest BCUT2D eigenvalue weighted by molar-refractivity contribution is 0.311. The van der Waals surface area contributed by atoms with E-state index in [1.165, 1.54) is 0 Å². The fraction of sp³-hybridized carbons (Fsp3) is 0.412. The first kappa shape index (κ1) is 17.0. The first-order chi connectivity index (χ1) is 11.6. The quantitative estimate of drug-likeness (QED) is 0.769. The van der Waals surface area contributed by atoms with Crippen LogP contribution in [0.15, 0.2) is 24.3 Å². The van der Waals surface area contributed by atoms with Crippen LogP contribution in [0, 0.1) is 0 Å². The van der Waals surface area contributed by atoms with Crippen LogP contribution < -0.4 is 16.4 Å². The summed E-state index contributed by atoms with van der Waals surface area (Å²) in [4.78, 5) is 10.9. The molecule has 0 saturated carbocycles. The van der Waals surface area contributed by atoms with Crippen molar-refractivity contribution in [3.8, 4) is 0 Å². The number of fused-ring (bicyclic) bond motifs is 1. The maximum atomic E-state index is 6.38. The largest absolute Gasteiger partial charge is 0.368 e. The van der Waals surface area contributed by atoms with Gasteiger partial charge in [0, 0.05) is 23.7 Å². The van der Waals surface area contributed by atoms with Crippen LogP contribution in [0.5, 0.6) is 0 Å². The molecule has 7 heteroatoms. The highest BCUT2D eigenvalue weighted by atomic mass is 35.5. The van der Waals surface area contributed by atoms with Crippen LogP contribution in [0.1, 0.15) is 22.9 Å². The number of anilines is 2. The first-order valence-corrected chi connectivity index (χ1v) is 8.44. The van der Waals surface area contributed by atoms with Gasteiger partial charge in [-0.3, -0.25) is 0 Å². The van der Waals surface area contributed by atoms with Crippen molar-refractivity contribution in [1.82, 2.24) is 20.2 Å². The van der Waals surface area contributed by atoms with E-state index in [0.29, 0.717) is 12.5 Å². The second kappa shape index (κ2) is 7.34. The molecule has 0 fully saturated rings. The number of benzene rings is 1. The number of likely N-dealkylation sites (N-methyl/N-ethyl adjacent to an activating group) is 1. The molecule has 1 atom stereocenters. The highest BCUT2D eigenvalue weighted by molar-refractivity contribution is 6.31. The summed E-state index contributed by atoms with van der Waals surface area (Å²) in [5, 5.41) is 7.54. The third-order valence-corrected chi connectivity index (χ3v) is 4.65. The Labute approximate surface area is 147 Å². The molecule has 1 aromatic carbocycles. The Morgan fingerprint density at radius 3 is 2.88 bits per heavy atom. The van der Waals surface area contributed by atoms with Gasteiger partial charge in [0.2, 0.25) is 5.95 Å². The van der Waals surface area contributed by atoms with Gasteiger partial charge in [-0.2, -0.15) is 4.98 Å². The maximum Gasteiger partial charge on any atom is 0.222 e. The summed E-state index contributed by atoms with van der Waals surface area (Å²) < 4.78 is 0. The van der Waals surface area contributed by atoms with Crippen LogP contribution in [-0.2, 0) is 13.0 Å². The minimum absolute atomic E-state index is 0.132. The Bertz CT molecular complexity index is 718. The standard InChI is InChI=1S/C17H23ClN6/c1-24(2)15(11-5-3-4-6-13(11)18)10-21-16-12-7-8-20-9-14(12)22-17(19)23-16/h3-6,15,20H,7-10H2,1-2H3,(H3,19,21,22,23). The van der Waals surface area contributed by atoms with Gasteiger partial charge in [-0.25, -0.2) is 4.98 Å². The fourth-order valence-corrected chi connectivity index (χ4v) is 3.30. The van der Waals surface area contributed by atoms with E-state index in [0.717, 1.165) is 47.2 Å². The number of aromatic nitrogens is 2. The van der Waals surface area contributed by atoms with Crippen molar-refractivity contribution in [3.63, 3.8) is 0 Å². The van der Waals surface area contributed by atoms with E-state index < -0.39 is 0 Å². The average Bonchev–Trinajstić information content (AvgIpc) is 2.56. The molecular formula is C17H23ClN6. The molecule has 24 heavy (non-hydrogen) atoms. The van der Waals surface area contributed by atoms with E-state index in [4.69, 9.17) is 17.3 Å². The summed E-state index contributed by atoms with van der Waals surface area (Å²) in [5.41, 5.74) is 9.09. The maximum absolute atomic E-state index is 6.38. The molecule has 1 aliphatic heterocycles. The first-order valence-electron chi connectivity index (χ1n) is 8.07. The molecule has 6 nitrogen and oxygen atoms in total. The van der Waals surface area contributed by atoms with E-state index in [1.54, 1.807) is 0 Å². The van der Waals surface area contributed by atoms with Gasteiger partial charge in [0.1, 0.15) is 5.82 Å². The zero-order chi connectivity index (χ0) is 17.1. The summed E-state index contributed by atoms with van der Waals surface area (Å²) in [7, 11) is 4.09. The van der Waals surface area contributed by atoms with Gasteiger partial charge < -0.3 is 21.3 Å². The summed E-state index contributed by atoms with van der Waals surface area (Å²) in [6.07, 6.45) is 0.899. The van der Waals surface area contributed by atoms with Crippen LogP contribution in [-0.4, -0.2) is 42.1 Å². The number of nitrogens with one attached hydrogen (secondary N) is 2. The number of nitrogen functional groups attached to an aromatic ring is 1. The summed E-state index contributed by atoms with van der Waals surface area (Å²) in [5.74, 6) is 1.14. The van der Waals surface area contributed by atoms with Gasteiger partial charge in [-0.05, 0) is 38.7 Å². The van der Waals surface area contributed by atoms with Gasteiger partial charge in [-0.15, -0.1) is 0 Å². The van der Waals surface area contributed by atoms with Crippen molar-refractivity contribution < 1.29 is 0 Å². The molecule has 2 heterocycles. The lowest BCUT2D eigenvalue weighted by atomic mass is 10.0. The molecule has 128 valence electrons. The van der Waals surface area contributed by atoms with Gasteiger partial charge in [0.05, 0.1) is 11.7 Å². The van der Waals surface area contributed by atoms with Crippen LogP contribution in [0.4, 0.5) is 11.8 Å². The average molecular weight is 347 g/mol.